The van der Waals surface area contributed by atoms with Crippen LogP contribution in [0, 0.1) is 0 Å². The van der Waals surface area contributed by atoms with Crippen molar-refractivity contribution in [3.8, 4) is 0 Å². The second-order valence-corrected chi connectivity index (χ2v) is 7.77. The standard InChI is InChI=1S/C14H22ClN3O2S/c1-3-18-8-6-12(7-9-18)17(2)21(19,20)14-10-11(15)4-5-13(14)16/h4-5,10,12H,3,6-9,16H2,1-2H3. The first kappa shape index (κ1) is 16.5. The maximum absolute atomic E-state index is 12.7. The Kier molecular flexibility index (Phi) is 5.14. The quantitative estimate of drug-likeness (QED) is 0.857. The maximum atomic E-state index is 12.7. The van der Waals surface area contributed by atoms with E-state index in [9.17, 15) is 8.42 Å². The minimum Gasteiger partial charge on any atom is -0.398 e. The lowest BCUT2D eigenvalue weighted by Gasteiger charge is -2.35. The lowest BCUT2D eigenvalue weighted by Crippen LogP contribution is -2.45. The molecule has 0 bridgehead atoms. The molecule has 7 heteroatoms. The molecule has 0 amide bonds. The van der Waals surface area contributed by atoms with E-state index in [4.69, 9.17) is 17.3 Å². The Morgan fingerprint density at radius 1 is 1.38 bits per heavy atom. The minimum atomic E-state index is -3.61. The summed E-state index contributed by atoms with van der Waals surface area (Å²) in [6.07, 6.45) is 1.67. The van der Waals surface area contributed by atoms with E-state index in [2.05, 4.69) is 11.8 Å². The number of anilines is 1. The number of rotatable bonds is 4. The highest BCUT2D eigenvalue weighted by molar-refractivity contribution is 7.89. The van der Waals surface area contributed by atoms with Gasteiger partial charge in [-0.2, -0.15) is 4.31 Å². The number of halogens is 1. The monoisotopic (exact) mass is 331 g/mol. The molecule has 0 spiro atoms. The van der Waals surface area contributed by atoms with Crippen LogP contribution in [-0.4, -0.2) is 50.3 Å². The molecule has 0 unspecified atom stereocenters. The van der Waals surface area contributed by atoms with Gasteiger partial charge in [-0.05, 0) is 50.7 Å². The van der Waals surface area contributed by atoms with Crippen molar-refractivity contribution in [3.63, 3.8) is 0 Å². The van der Waals surface area contributed by atoms with Gasteiger partial charge in [-0.3, -0.25) is 0 Å². The van der Waals surface area contributed by atoms with Gasteiger partial charge in [-0.15, -0.1) is 0 Å². The van der Waals surface area contributed by atoms with Crippen LogP contribution < -0.4 is 5.73 Å². The summed E-state index contributed by atoms with van der Waals surface area (Å²) in [4.78, 5) is 2.42. The molecular formula is C14H22ClN3O2S. The first-order valence-corrected chi connectivity index (χ1v) is 8.93. The Balaban J connectivity index is 2.21. The summed E-state index contributed by atoms with van der Waals surface area (Å²) in [7, 11) is -1.98. The Bertz CT molecular complexity index is 598. The van der Waals surface area contributed by atoms with Crippen molar-refractivity contribution in [1.29, 1.82) is 0 Å². The van der Waals surface area contributed by atoms with Crippen molar-refractivity contribution in [2.75, 3.05) is 32.4 Å². The maximum Gasteiger partial charge on any atom is 0.245 e. The second-order valence-electron chi connectivity index (χ2n) is 5.37. The van der Waals surface area contributed by atoms with Crippen LogP contribution in [0.4, 0.5) is 5.69 Å². The van der Waals surface area contributed by atoms with Crippen LogP contribution in [0.15, 0.2) is 23.1 Å². The molecular weight excluding hydrogens is 310 g/mol. The van der Waals surface area contributed by atoms with Crippen molar-refractivity contribution < 1.29 is 8.42 Å². The van der Waals surface area contributed by atoms with E-state index in [0.29, 0.717) is 5.02 Å². The first-order chi connectivity index (χ1) is 9.86. The summed E-state index contributed by atoms with van der Waals surface area (Å²) < 4.78 is 26.9. The number of sulfonamides is 1. The third kappa shape index (κ3) is 3.51. The molecule has 1 aliphatic heterocycles. The Hall–Kier alpha value is -0.820. The third-order valence-electron chi connectivity index (χ3n) is 4.15. The average molecular weight is 332 g/mol. The van der Waals surface area contributed by atoms with E-state index < -0.39 is 10.0 Å². The van der Waals surface area contributed by atoms with E-state index >= 15 is 0 Å². The predicted molar refractivity (Wildman–Crippen MR) is 85.9 cm³/mol. The molecule has 21 heavy (non-hydrogen) atoms. The Morgan fingerprint density at radius 2 is 2.00 bits per heavy atom. The molecule has 0 saturated carbocycles. The molecule has 2 N–H and O–H groups in total. The zero-order chi connectivity index (χ0) is 15.6. The van der Waals surface area contributed by atoms with Crippen LogP contribution >= 0.6 is 11.6 Å². The van der Waals surface area contributed by atoms with Gasteiger partial charge in [-0.25, -0.2) is 8.42 Å². The van der Waals surface area contributed by atoms with E-state index in [1.165, 1.54) is 16.4 Å². The summed E-state index contributed by atoms with van der Waals surface area (Å²) >= 11 is 5.91. The van der Waals surface area contributed by atoms with Crippen LogP contribution in [-0.2, 0) is 10.0 Å². The SMILES string of the molecule is CCN1CCC(N(C)S(=O)(=O)c2cc(Cl)ccc2N)CC1. The van der Waals surface area contributed by atoms with Gasteiger partial charge in [0.25, 0.3) is 0 Å². The molecule has 1 aromatic carbocycles. The van der Waals surface area contributed by atoms with Gasteiger partial charge in [0.15, 0.2) is 0 Å². The van der Waals surface area contributed by atoms with Crippen LogP contribution in [0.1, 0.15) is 19.8 Å². The number of likely N-dealkylation sites (tertiary alicyclic amines) is 1. The predicted octanol–water partition coefficient (Wildman–Crippen LogP) is 2.03. The van der Waals surface area contributed by atoms with Gasteiger partial charge in [0.1, 0.15) is 4.90 Å². The lowest BCUT2D eigenvalue weighted by molar-refractivity contribution is 0.176. The van der Waals surface area contributed by atoms with Crippen molar-refractivity contribution in [2.45, 2.75) is 30.7 Å². The van der Waals surface area contributed by atoms with Gasteiger partial charge in [0, 0.05) is 18.1 Å². The van der Waals surface area contributed by atoms with Gasteiger partial charge < -0.3 is 10.6 Å². The summed E-state index contributed by atoms with van der Waals surface area (Å²) in [5, 5.41) is 0.372. The first-order valence-electron chi connectivity index (χ1n) is 7.11. The topological polar surface area (TPSA) is 66.6 Å². The van der Waals surface area contributed by atoms with Crippen LogP contribution in [0.25, 0.3) is 0 Å². The van der Waals surface area contributed by atoms with Crippen LogP contribution in [0.5, 0.6) is 0 Å². The molecule has 0 aromatic heterocycles. The number of nitrogen functional groups attached to an aromatic ring is 1. The minimum absolute atomic E-state index is 0.0104. The number of piperidine rings is 1. The van der Waals surface area contributed by atoms with E-state index in [-0.39, 0.29) is 16.6 Å². The van der Waals surface area contributed by atoms with Gasteiger partial charge in [0.2, 0.25) is 10.0 Å². The summed E-state index contributed by atoms with van der Waals surface area (Å²) in [5.74, 6) is 0. The fourth-order valence-corrected chi connectivity index (χ4v) is 4.47. The van der Waals surface area contributed by atoms with Gasteiger partial charge >= 0.3 is 0 Å². The molecule has 1 aromatic rings. The van der Waals surface area contributed by atoms with E-state index in [0.717, 1.165) is 32.5 Å². The molecule has 5 nitrogen and oxygen atoms in total. The molecule has 0 radical (unpaired) electrons. The van der Waals surface area contributed by atoms with Crippen molar-refractivity contribution in [2.24, 2.45) is 0 Å². The summed E-state index contributed by atoms with van der Waals surface area (Å²) in [5.41, 5.74) is 6.05. The third-order valence-corrected chi connectivity index (χ3v) is 6.35. The average Bonchev–Trinajstić information content (AvgIpc) is 2.49. The fraction of sp³-hybridized carbons (Fsp3) is 0.571. The zero-order valence-corrected chi connectivity index (χ0v) is 14.0. The highest BCUT2D eigenvalue weighted by Gasteiger charge is 2.31. The summed E-state index contributed by atoms with van der Waals surface area (Å²) in [6.45, 7) is 4.97. The van der Waals surface area contributed by atoms with Gasteiger partial charge in [0.05, 0.1) is 5.69 Å². The largest absolute Gasteiger partial charge is 0.398 e. The molecule has 0 aliphatic carbocycles. The zero-order valence-electron chi connectivity index (χ0n) is 12.4. The van der Waals surface area contributed by atoms with Crippen molar-refractivity contribution in [3.05, 3.63) is 23.2 Å². The smallest absolute Gasteiger partial charge is 0.245 e. The number of hydrogen-bond donors (Lipinski definition) is 1. The molecule has 1 heterocycles. The molecule has 1 fully saturated rings. The molecule has 2 rings (SSSR count). The second kappa shape index (κ2) is 6.52. The van der Waals surface area contributed by atoms with Crippen LogP contribution in [0.2, 0.25) is 5.02 Å². The number of benzene rings is 1. The highest BCUT2D eigenvalue weighted by Crippen LogP contribution is 2.28. The molecule has 1 saturated heterocycles. The van der Waals surface area contributed by atoms with Crippen molar-refractivity contribution >= 4 is 27.3 Å². The number of nitrogens with zero attached hydrogens (tertiary/aromatic N) is 2. The lowest BCUT2D eigenvalue weighted by atomic mass is 10.1. The number of nitrogens with two attached hydrogens (primary N) is 1. The summed E-state index contributed by atoms with van der Waals surface area (Å²) in [6, 6.07) is 4.55. The Morgan fingerprint density at radius 3 is 2.57 bits per heavy atom. The van der Waals surface area contributed by atoms with E-state index in [1.807, 2.05) is 0 Å². The fourth-order valence-electron chi connectivity index (χ4n) is 2.68. The Labute approximate surface area is 131 Å². The van der Waals surface area contributed by atoms with Gasteiger partial charge in [-0.1, -0.05) is 18.5 Å². The molecule has 1 aliphatic rings. The number of hydrogen-bond acceptors (Lipinski definition) is 4. The normalized spacial score (nSPS) is 18.3. The van der Waals surface area contributed by atoms with Crippen molar-refractivity contribution in [1.82, 2.24) is 9.21 Å². The van der Waals surface area contributed by atoms with Crippen LogP contribution in [0.3, 0.4) is 0 Å². The highest BCUT2D eigenvalue weighted by atomic mass is 35.5. The van der Waals surface area contributed by atoms with E-state index in [1.54, 1.807) is 13.1 Å². The molecule has 0 atom stereocenters. The molecule has 118 valence electrons.